The van der Waals surface area contributed by atoms with Crippen LogP contribution >= 0.6 is 11.6 Å². The molecule has 0 heterocycles. The number of hydrogen-bond donors (Lipinski definition) is 1. The van der Waals surface area contributed by atoms with E-state index < -0.39 is 0 Å². The van der Waals surface area contributed by atoms with E-state index in [1.54, 1.807) is 6.07 Å². The molecule has 0 saturated carbocycles. The van der Waals surface area contributed by atoms with Gasteiger partial charge in [-0.15, -0.1) is 0 Å². The second kappa shape index (κ2) is 5.85. The first-order chi connectivity index (χ1) is 9.06. The monoisotopic (exact) mass is 277 g/mol. The first-order valence-corrected chi connectivity index (χ1v) is 6.23. The molecule has 0 fully saturated rings. The van der Waals surface area contributed by atoms with E-state index in [4.69, 9.17) is 11.6 Å². The summed E-state index contributed by atoms with van der Waals surface area (Å²) in [5, 5.41) is 3.65. The molecule has 0 unspecified atom stereocenters. The van der Waals surface area contributed by atoms with Gasteiger partial charge in [-0.3, -0.25) is 4.79 Å². The van der Waals surface area contributed by atoms with Crippen molar-refractivity contribution >= 4 is 23.1 Å². The number of benzene rings is 2. The van der Waals surface area contributed by atoms with E-state index >= 15 is 0 Å². The van der Waals surface area contributed by atoms with Crippen LogP contribution in [0.2, 0.25) is 5.02 Å². The second-order valence-corrected chi connectivity index (χ2v) is 4.65. The molecular formula is C15H13ClFNO. The Balaban J connectivity index is 2.00. The lowest BCUT2D eigenvalue weighted by Gasteiger charge is -2.07. The number of carbonyl (C=O) groups is 1. The van der Waals surface area contributed by atoms with Gasteiger partial charge < -0.3 is 5.32 Å². The van der Waals surface area contributed by atoms with Gasteiger partial charge in [0.2, 0.25) is 0 Å². The van der Waals surface area contributed by atoms with Crippen LogP contribution in [-0.4, -0.2) is 12.3 Å². The van der Waals surface area contributed by atoms with Crippen molar-refractivity contribution in [2.45, 2.75) is 6.92 Å². The summed E-state index contributed by atoms with van der Waals surface area (Å²) in [6.07, 6.45) is 0. The number of halogens is 2. The Kier molecular flexibility index (Phi) is 4.17. The number of rotatable bonds is 4. The molecule has 0 radical (unpaired) electrons. The average molecular weight is 278 g/mol. The highest BCUT2D eigenvalue weighted by Gasteiger charge is 2.06. The maximum atomic E-state index is 12.7. The van der Waals surface area contributed by atoms with E-state index in [1.807, 2.05) is 19.1 Å². The Morgan fingerprint density at radius 3 is 2.53 bits per heavy atom. The average Bonchev–Trinajstić information content (AvgIpc) is 2.40. The SMILES string of the molecule is Cc1ccc(NCC(=O)c2ccc(F)cc2)cc1Cl. The predicted octanol–water partition coefficient (Wildman–Crippen LogP) is 4.08. The minimum absolute atomic E-state index is 0.100. The van der Waals surface area contributed by atoms with Crippen LogP contribution in [-0.2, 0) is 0 Å². The molecule has 2 aromatic carbocycles. The quantitative estimate of drug-likeness (QED) is 0.853. The smallest absolute Gasteiger partial charge is 0.181 e. The largest absolute Gasteiger partial charge is 0.378 e. The van der Waals surface area contributed by atoms with Gasteiger partial charge in [-0.25, -0.2) is 4.39 Å². The molecule has 2 nitrogen and oxygen atoms in total. The molecule has 0 aromatic heterocycles. The maximum Gasteiger partial charge on any atom is 0.181 e. The molecular weight excluding hydrogens is 265 g/mol. The molecule has 0 aliphatic carbocycles. The fourth-order valence-corrected chi connectivity index (χ4v) is 1.80. The van der Waals surface area contributed by atoms with Gasteiger partial charge in [0.05, 0.1) is 6.54 Å². The number of aryl methyl sites for hydroxylation is 1. The highest BCUT2D eigenvalue weighted by Crippen LogP contribution is 2.19. The molecule has 2 rings (SSSR count). The van der Waals surface area contributed by atoms with Gasteiger partial charge in [0.1, 0.15) is 5.82 Å². The number of nitrogens with one attached hydrogen (secondary N) is 1. The second-order valence-electron chi connectivity index (χ2n) is 4.25. The Hall–Kier alpha value is -1.87. The third-order valence-corrected chi connectivity index (χ3v) is 3.20. The van der Waals surface area contributed by atoms with E-state index in [2.05, 4.69) is 5.32 Å². The summed E-state index contributed by atoms with van der Waals surface area (Å²) in [4.78, 5) is 11.9. The van der Waals surface area contributed by atoms with Crippen molar-refractivity contribution in [1.29, 1.82) is 0 Å². The highest BCUT2D eigenvalue weighted by atomic mass is 35.5. The summed E-state index contributed by atoms with van der Waals surface area (Å²) in [5.74, 6) is -0.452. The predicted molar refractivity (Wildman–Crippen MR) is 75.4 cm³/mol. The number of Topliss-reactive ketones (excluding diaryl/α,β-unsaturated/α-hetero) is 1. The molecule has 2 aromatic rings. The molecule has 98 valence electrons. The first kappa shape index (κ1) is 13.6. The summed E-state index contributed by atoms with van der Waals surface area (Å²) >= 11 is 6.00. The molecule has 0 atom stereocenters. The molecule has 0 aliphatic heterocycles. The van der Waals surface area contributed by atoms with Gasteiger partial charge in [-0.2, -0.15) is 0 Å². The molecule has 0 bridgehead atoms. The number of hydrogen-bond acceptors (Lipinski definition) is 2. The van der Waals surface area contributed by atoms with Crippen LogP contribution in [0.1, 0.15) is 15.9 Å². The van der Waals surface area contributed by atoms with Crippen LogP contribution in [0.5, 0.6) is 0 Å². The third kappa shape index (κ3) is 3.55. The standard InChI is InChI=1S/C15H13ClFNO/c1-10-2-7-13(8-14(10)16)18-9-15(19)11-3-5-12(17)6-4-11/h2-8,18H,9H2,1H3. The maximum absolute atomic E-state index is 12.7. The van der Waals surface area contributed by atoms with Crippen molar-refractivity contribution in [3.05, 3.63) is 64.4 Å². The lowest BCUT2D eigenvalue weighted by atomic mass is 10.1. The van der Waals surface area contributed by atoms with Gasteiger partial charge in [0.15, 0.2) is 5.78 Å². The fourth-order valence-electron chi connectivity index (χ4n) is 1.62. The first-order valence-electron chi connectivity index (χ1n) is 5.85. The Bertz CT molecular complexity index is 596. The molecule has 0 aliphatic rings. The van der Waals surface area contributed by atoms with Crippen LogP contribution in [0.25, 0.3) is 0 Å². The minimum Gasteiger partial charge on any atom is -0.378 e. The molecule has 0 amide bonds. The van der Waals surface area contributed by atoms with Crippen molar-refractivity contribution in [2.24, 2.45) is 0 Å². The van der Waals surface area contributed by atoms with Gasteiger partial charge in [0.25, 0.3) is 0 Å². The zero-order chi connectivity index (χ0) is 13.8. The van der Waals surface area contributed by atoms with Crippen molar-refractivity contribution in [3.63, 3.8) is 0 Å². The Morgan fingerprint density at radius 2 is 1.89 bits per heavy atom. The molecule has 1 N–H and O–H groups in total. The van der Waals surface area contributed by atoms with Crippen LogP contribution in [0.3, 0.4) is 0 Å². The van der Waals surface area contributed by atoms with Crippen LogP contribution < -0.4 is 5.32 Å². The van der Waals surface area contributed by atoms with E-state index in [0.717, 1.165) is 11.3 Å². The van der Waals surface area contributed by atoms with Crippen molar-refractivity contribution < 1.29 is 9.18 Å². The lowest BCUT2D eigenvalue weighted by Crippen LogP contribution is -2.13. The Morgan fingerprint density at radius 1 is 1.21 bits per heavy atom. The third-order valence-electron chi connectivity index (χ3n) is 2.79. The topological polar surface area (TPSA) is 29.1 Å². The Labute approximate surface area is 116 Å². The van der Waals surface area contributed by atoms with Gasteiger partial charge >= 0.3 is 0 Å². The van der Waals surface area contributed by atoms with Crippen LogP contribution in [0.4, 0.5) is 10.1 Å². The van der Waals surface area contributed by atoms with E-state index in [0.29, 0.717) is 10.6 Å². The zero-order valence-electron chi connectivity index (χ0n) is 10.4. The van der Waals surface area contributed by atoms with Gasteiger partial charge in [0, 0.05) is 16.3 Å². The van der Waals surface area contributed by atoms with Crippen LogP contribution in [0.15, 0.2) is 42.5 Å². The minimum atomic E-state index is -0.352. The summed E-state index contributed by atoms with van der Waals surface area (Å²) in [7, 11) is 0. The summed E-state index contributed by atoms with van der Waals surface area (Å²) in [5.41, 5.74) is 2.25. The summed E-state index contributed by atoms with van der Waals surface area (Å²) in [6, 6.07) is 11.0. The van der Waals surface area contributed by atoms with Crippen LogP contribution in [0, 0.1) is 12.7 Å². The number of carbonyl (C=O) groups excluding carboxylic acids is 1. The fraction of sp³-hybridized carbons (Fsp3) is 0.133. The lowest BCUT2D eigenvalue weighted by molar-refractivity contribution is 0.101. The normalized spacial score (nSPS) is 10.3. The van der Waals surface area contributed by atoms with Crippen molar-refractivity contribution in [2.75, 3.05) is 11.9 Å². The van der Waals surface area contributed by atoms with Crippen molar-refractivity contribution in [1.82, 2.24) is 0 Å². The molecule has 0 spiro atoms. The number of ketones is 1. The number of anilines is 1. The molecule has 4 heteroatoms. The summed E-state index contributed by atoms with van der Waals surface area (Å²) in [6.45, 7) is 2.06. The molecule has 0 saturated heterocycles. The van der Waals surface area contributed by atoms with E-state index in [-0.39, 0.29) is 18.1 Å². The van der Waals surface area contributed by atoms with Gasteiger partial charge in [-0.1, -0.05) is 17.7 Å². The summed E-state index contributed by atoms with van der Waals surface area (Å²) < 4.78 is 12.7. The van der Waals surface area contributed by atoms with E-state index in [1.165, 1.54) is 24.3 Å². The highest BCUT2D eigenvalue weighted by molar-refractivity contribution is 6.31. The van der Waals surface area contributed by atoms with Gasteiger partial charge in [-0.05, 0) is 48.9 Å². The van der Waals surface area contributed by atoms with Crippen molar-refractivity contribution in [3.8, 4) is 0 Å². The van der Waals surface area contributed by atoms with E-state index in [9.17, 15) is 9.18 Å². The molecule has 19 heavy (non-hydrogen) atoms. The zero-order valence-corrected chi connectivity index (χ0v) is 11.2.